The molecular weight excluding hydrogens is 390 g/mol. The first kappa shape index (κ1) is 19.5. The molecule has 0 radical (unpaired) electrons. The maximum atomic E-state index is 12.4. The summed E-state index contributed by atoms with van der Waals surface area (Å²) in [4.78, 5) is 35.8. The van der Waals surface area contributed by atoms with Gasteiger partial charge in [-0.2, -0.15) is 0 Å². The van der Waals surface area contributed by atoms with E-state index >= 15 is 0 Å². The fraction of sp³-hybridized carbons (Fsp3) is 0.211. The minimum absolute atomic E-state index is 0.0604. The predicted molar refractivity (Wildman–Crippen MR) is 99.4 cm³/mol. The molecule has 0 fully saturated rings. The number of amides is 1. The lowest BCUT2D eigenvalue weighted by atomic mass is 10.0. The zero-order valence-electron chi connectivity index (χ0n) is 14.9. The summed E-state index contributed by atoms with van der Waals surface area (Å²) in [5.41, 5.74) is 0.872. The van der Waals surface area contributed by atoms with Gasteiger partial charge in [0.25, 0.3) is 0 Å². The van der Waals surface area contributed by atoms with Crippen molar-refractivity contribution in [1.82, 2.24) is 0 Å². The van der Waals surface area contributed by atoms with E-state index in [2.05, 4.69) is 5.32 Å². The van der Waals surface area contributed by atoms with E-state index in [0.717, 1.165) is 0 Å². The second-order valence-electron chi connectivity index (χ2n) is 5.91. The highest BCUT2D eigenvalue weighted by atomic mass is 35.5. The van der Waals surface area contributed by atoms with Crippen LogP contribution in [0.15, 0.2) is 30.3 Å². The fourth-order valence-corrected chi connectivity index (χ4v) is 3.17. The lowest BCUT2D eigenvalue weighted by molar-refractivity contribution is -0.118. The van der Waals surface area contributed by atoms with Gasteiger partial charge in [-0.15, -0.1) is 0 Å². The smallest absolute Gasteiger partial charge is 0.343 e. The van der Waals surface area contributed by atoms with Crippen LogP contribution in [0.1, 0.15) is 38.8 Å². The number of anilines is 1. The summed E-state index contributed by atoms with van der Waals surface area (Å²) >= 11 is 5.82. The van der Waals surface area contributed by atoms with E-state index in [0.29, 0.717) is 11.3 Å². The van der Waals surface area contributed by atoms with Crippen molar-refractivity contribution >= 4 is 35.1 Å². The predicted octanol–water partition coefficient (Wildman–Crippen LogP) is 3.30. The minimum Gasteiger partial charge on any atom is -0.493 e. The maximum absolute atomic E-state index is 12.4. The lowest BCUT2D eigenvalue weighted by Gasteiger charge is -2.13. The number of carboxylic acids is 1. The SMILES string of the molecule is COc1ccc2c(c1OC)C(=O)OC2CC(=O)Nc1ccc(Cl)c(C(=O)O)c1. The van der Waals surface area contributed by atoms with Crippen LogP contribution in [0, 0.1) is 0 Å². The summed E-state index contributed by atoms with van der Waals surface area (Å²) in [7, 11) is 2.86. The molecule has 2 N–H and O–H groups in total. The topological polar surface area (TPSA) is 111 Å². The van der Waals surface area contributed by atoms with Crippen molar-refractivity contribution in [2.45, 2.75) is 12.5 Å². The van der Waals surface area contributed by atoms with Crippen molar-refractivity contribution < 1.29 is 33.7 Å². The average Bonchev–Trinajstić information content (AvgIpc) is 2.97. The van der Waals surface area contributed by atoms with Crippen molar-refractivity contribution in [3.63, 3.8) is 0 Å². The van der Waals surface area contributed by atoms with Crippen LogP contribution in [0.2, 0.25) is 5.02 Å². The second-order valence-corrected chi connectivity index (χ2v) is 6.32. The molecule has 1 unspecified atom stereocenters. The quantitative estimate of drug-likeness (QED) is 0.709. The molecule has 0 aliphatic carbocycles. The number of fused-ring (bicyclic) bond motifs is 1. The number of carbonyl (C=O) groups is 3. The summed E-state index contributed by atoms with van der Waals surface area (Å²) < 4.78 is 15.7. The molecule has 1 aliphatic rings. The molecule has 9 heteroatoms. The number of cyclic esters (lactones) is 1. The highest BCUT2D eigenvalue weighted by Gasteiger charge is 2.36. The van der Waals surface area contributed by atoms with Gasteiger partial charge in [0.15, 0.2) is 11.5 Å². The third-order valence-corrected chi connectivity index (χ3v) is 4.56. The lowest BCUT2D eigenvalue weighted by Crippen LogP contribution is -2.16. The van der Waals surface area contributed by atoms with Crippen LogP contribution in [-0.4, -0.2) is 37.2 Å². The molecule has 8 nitrogen and oxygen atoms in total. The number of nitrogens with one attached hydrogen (secondary N) is 1. The molecule has 0 bridgehead atoms. The van der Waals surface area contributed by atoms with E-state index in [-0.39, 0.29) is 34.0 Å². The van der Waals surface area contributed by atoms with Gasteiger partial charge in [0, 0.05) is 11.3 Å². The number of esters is 1. The van der Waals surface area contributed by atoms with Crippen molar-refractivity contribution in [3.8, 4) is 11.5 Å². The number of carbonyl (C=O) groups excluding carboxylic acids is 2. The summed E-state index contributed by atoms with van der Waals surface area (Å²) in [5.74, 6) is -1.65. The van der Waals surface area contributed by atoms with Gasteiger partial charge < -0.3 is 24.6 Å². The molecule has 146 valence electrons. The summed E-state index contributed by atoms with van der Waals surface area (Å²) in [6.07, 6.45) is -0.951. The molecule has 2 aromatic rings. The molecule has 1 atom stereocenters. The first-order valence-electron chi connectivity index (χ1n) is 8.14. The number of hydrogen-bond acceptors (Lipinski definition) is 6. The minimum atomic E-state index is -1.21. The molecular formula is C19H16ClNO7. The standard InChI is InChI=1S/C19H16ClNO7/c1-26-13-6-4-10-14(28-19(25)16(10)17(13)27-2)8-15(22)21-9-3-5-12(20)11(7-9)18(23)24/h3-7,14H,8H2,1-2H3,(H,21,22)(H,23,24). The highest BCUT2D eigenvalue weighted by Crippen LogP contribution is 2.43. The van der Waals surface area contributed by atoms with E-state index in [1.54, 1.807) is 12.1 Å². The van der Waals surface area contributed by atoms with Crippen LogP contribution in [0.5, 0.6) is 11.5 Å². The summed E-state index contributed by atoms with van der Waals surface area (Å²) in [6.45, 7) is 0. The Hall–Kier alpha value is -3.26. The zero-order valence-corrected chi connectivity index (χ0v) is 15.7. The Labute approximate surface area is 165 Å². The van der Waals surface area contributed by atoms with Gasteiger partial charge in [-0.3, -0.25) is 4.79 Å². The van der Waals surface area contributed by atoms with Crippen LogP contribution < -0.4 is 14.8 Å². The Morgan fingerprint density at radius 3 is 2.61 bits per heavy atom. The van der Waals surface area contributed by atoms with Crippen LogP contribution in [0.25, 0.3) is 0 Å². The summed E-state index contributed by atoms with van der Waals surface area (Å²) in [6, 6.07) is 7.39. The molecule has 1 heterocycles. The van der Waals surface area contributed by atoms with E-state index < -0.39 is 23.9 Å². The Morgan fingerprint density at radius 2 is 1.96 bits per heavy atom. The molecule has 0 saturated carbocycles. The van der Waals surface area contributed by atoms with Crippen LogP contribution >= 0.6 is 11.6 Å². The summed E-state index contributed by atoms with van der Waals surface area (Å²) in [5, 5.41) is 11.7. The van der Waals surface area contributed by atoms with Gasteiger partial charge in [0.1, 0.15) is 11.7 Å². The van der Waals surface area contributed by atoms with Crippen molar-refractivity contribution in [1.29, 1.82) is 0 Å². The third kappa shape index (κ3) is 3.59. The first-order chi connectivity index (χ1) is 13.3. The number of halogens is 1. The van der Waals surface area contributed by atoms with Crippen molar-refractivity contribution in [3.05, 3.63) is 52.0 Å². The van der Waals surface area contributed by atoms with Crippen LogP contribution in [0.4, 0.5) is 5.69 Å². The van der Waals surface area contributed by atoms with Gasteiger partial charge in [-0.1, -0.05) is 17.7 Å². The number of hydrogen-bond donors (Lipinski definition) is 2. The molecule has 2 aromatic carbocycles. The van der Waals surface area contributed by atoms with Gasteiger partial charge in [0.2, 0.25) is 5.91 Å². The van der Waals surface area contributed by atoms with Gasteiger partial charge >= 0.3 is 11.9 Å². The van der Waals surface area contributed by atoms with Crippen LogP contribution in [-0.2, 0) is 9.53 Å². The Morgan fingerprint density at radius 1 is 1.21 bits per heavy atom. The normalized spacial score (nSPS) is 14.8. The van der Waals surface area contributed by atoms with Gasteiger partial charge in [-0.25, -0.2) is 9.59 Å². The third-order valence-electron chi connectivity index (χ3n) is 4.23. The van der Waals surface area contributed by atoms with Gasteiger partial charge in [-0.05, 0) is 24.3 Å². The molecule has 3 rings (SSSR count). The van der Waals surface area contributed by atoms with Crippen molar-refractivity contribution in [2.75, 3.05) is 19.5 Å². The number of methoxy groups -OCH3 is 2. The average molecular weight is 406 g/mol. The van der Waals surface area contributed by atoms with E-state index in [1.165, 1.54) is 32.4 Å². The molecule has 0 spiro atoms. The first-order valence-corrected chi connectivity index (χ1v) is 8.52. The Bertz CT molecular complexity index is 973. The largest absolute Gasteiger partial charge is 0.493 e. The molecule has 1 aliphatic heterocycles. The van der Waals surface area contributed by atoms with E-state index in [1.807, 2.05) is 0 Å². The van der Waals surface area contributed by atoms with Gasteiger partial charge in [0.05, 0.1) is 31.2 Å². The zero-order chi connectivity index (χ0) is 20.4. The molecule has 1 amide bonds. The second kappa shape index (κ2) is 7.77. The Balaban J connectivity index is 1.79. The fourth-order valence-electron chi connectivity index (χ4n) is 2.97. The maximum Gasteiger partial charge on any atom is 0.343 e. The number of rotatable bonds is 6. The number of aromatic carboxylic acids is 1. The number of benzene rings is 2. The monoisotopic (exact) mass is 405 g/mol. The highest BCUT2D eigenvalue weighted by molar-refractivity contribution is 6.33. The van der Waals surface area contributed by atoms with Crippen LogP contribution in [0.3, 0.4) is 0 Å². The molecule has 0 saturated heterocycles. The van der Waals surface area contributed by atoms with E-state index in [9.17, 15) is 14.4 Å². The number of carboxylic acid groups (broad SMARTS) is 1. The van der Waals surface area contributed by atoms with Crippen molar-refractivity contribution in [2.24, 2.45) is 0 Å². The molecule has 28 heavy (non-hydrogen) atoms. The number of ether oxygens (including phenoxy) is 3. The molecule has 0 aromatic heterocycles. The van der Waals surface area contributed by atoms with E-state index in [4.69, 9.17) is 30.9 Å². The Kier molecular flexibility index (Phi) is 5.41.